The number of aromatic nitrogens is 2. The third-order valence-corrected chi connectivity index (χ3v) is 2.42. The molecule has 0 saturated heterocycles. The first-order chi connectivity index (χ1) is 6.65. The van der Waals surface area contributed by atoms with Crippen molar-refractivity contribution in [1.29, 1.82) is 0 Å². The predicted molar refractivity (Wildman–Crippen MR) is 48.4 cm³/mol. The first-order valence-corrected chi connectivity index (χ1v) is 4.62. The summed E-state index contributed by atoms with van der Waals surface area (Å²) in [5, 5.41) is 12.4. The molecule has 1 unspecified atom stereocenters. The van der Waals surface area contributed by atoms with Gasteiger partial charge >= 0.3 is 6.16 Å². The molecule has 5 nitrogen and oxygen atoms in total. The van der Waals surface area contributed by atoms with Gasteiger partial charge in [0, 0.05) is 18.3 Å². The van der Waals surface area contributed by atoms with Gasteiger partial charge in [0.2, 0.25) is 5.88 Å². The molecule has 1 N–H and O–H groups in total. The summed E-state index contributed by atoms with van der Waals surface area (Å²) >= 11 is 0. The Kier molecular flexibility index (Phi) is 2.15. The summed E-state index contributed by atoms with van der Waals surface area (Å²) in [6.07, 6.45) is 0.713. The lowest BCUT2D eigenvalue weighted by Crippen LogP contribution is -2.17. The molecule has 5 heteroatoms. The van der Waals surface area contributed by atoms with Crippen molar-refractivity contribution in [1.82, 2.24) is 9.78 Å². The number of aryl methyl sites for hydroxylation is 1. The summed E-state index contributed by atoms with van der Waals surface area (Å²) in [6, 6.07) is 1.70. The van der Waals surface area contributed by atoms with E-state index in [1.165, 1.54) is 0 Å². The third kappa shape index (κ3) is 1.71. The van der Waals surface area contributed by atoms with Crippen LogP contribution in [0.5, 0.6) is 5.88 Å². The fourth-order valence-electron chi connectivity index (χ4n) is 1.73. The molecule has 0 aliphatic carbocycles. The number of fused-ring (bicyclic) bond motifs is 1. The van der Waals surface area contributed by atoms with Crippen molar-refractivity contribution in [2.24, 2.45) is 5.92 Å². The third-order valence-electron chi connectivity index (χ3n) is 2.42. The standard InChI is InChI=1S/C9H12N2O3/c1-6-2-3-11-7(4-6)5-8(10-11)14-9(12)13/h5-6H,2-4H2,1H3,(H,12,13). The average molecular weight is 196 g/mol. The van der Waals surface area contributed by atoms with Crippen molar-refractivity contribution in [3.8, 4) is 5.88 Å². The van der Waals surface area contributed by atoms with Gasteiger partial charge in [-0.1, -0.05) is 6.92 Å². The second-order valence-electron chi connectivity index (χ2n) is 3.66. The number of carbonyl (C=O) groups is 1. The number of hydrogen-bond donors (Lipinski definition) is 1. The van der Waals surface area contributed by atoms with Crippen LogP contribution in [0.1, 0.15) is 19.0 Å². The number of carboxylic acid groups (broad SMARTS) is 1. The molecular formula is C9H12N2O3. The molecule has 2 rings (SSSR count). The Morgan fingerprint density at radius 1 is 1.79 bits per heavy atom. The summed E-state index contributed by atoms with van der Waals surface area (Å²) in [4.78, 5) is 10.3. The van der Waals surface area contributed by atoms with Gasteiger partial charge in [0.15, 0.2) is 0 Å². The zero-order valence-corrected chi connectivity index (χ0v) is 7.93. The summed E-state index contributed by atoms with van der Waals surface area (Å²) in [6.45, 7) is 3.02. The summed E-state index contributed by atoms with van der Waals surface area (Å²) in [5.74, 6) is 0.818. The van der Waals surface area contributed by atoms with Gasteiger partial charge in [-0.15, -0.1) is 5.10 Å². The Balaban J connectivity index is 2.19. The second-order valence-corrected chi connectivity index (χ2v) is 3.66. The summed E-state index contributed by atoms with van der Waals surface area (Å²) in [5.41, 5.74) is 1.06. The largest absolute Gasteiger partial charge is 0.512 e. The van der Waals surface area contributed by atoms with E-state index in [1.54, 1.807) is 6.07 Å². The maximum Gasteiger partial charge on any atom is 0.512 e. The summed E-state index contributed by atoms with van der Waals surface area (Å²) in [7, 11) is 0. The molecule has 0 bridgehead atoms. The molecule has 76 valence electrons. The van der Waals surface area contributed by atoms with E-state index < -0.39 is 6.16 Å². The lowest BCUT2D eigenvalue weighted by Gasteiger charge is -2.18. The molecule has 0 fully saturated rings. The average Bonchev–Trinajstić information content (AvgIpc) is 2.44. The Bertz CT molecular complexity index is 359. The van der Waals surface area contributed by atoms with Gasteiger partial charge in [-0.3, -0.25) is 4.68 Å². The first-order valence-electron chi connectivity index (χ1n) is 4.62. The van der Waals surface area contributed by atoms with E-state index in [2.05, 4.69) is 16.8 Å². The molecule has 0 radical (unpaired) electrons. The molecule has 1 atom stereocenters. The van der Waals surface area contributed by atoms with Crippen molar-refractivity contribution in [2.75, 3.05) is 0 Å². The normalized spacial score (nSPS) is 20.2. The number of nitrogens with zero attached hydrogens (tertiary/aromatic N) is 2. The van der Waals surface area contributed by atoms with Crippen LogP contribution in [-0.2, 0) is 13.0 Å². The van der Waals surface area contributed by atoms with E-state index in [0.29, 0.717) is 5.92 Å². The molecule has 1 aliphatic heterocycles. The van der Waals surface area contributed by atoms with Crippen molar-refractivity contribution >= 4 is 6.16 Å². The number of rotatable bonds is 1. The molecule has 2 heterocycles. The van der Waals surface area contributed by atoms with Crippen LogP contribution < -0.4 is 4.74 Å². The predicted octanol–water partition coefficient (Wildman–Crippen LogP) is 1.52. The lowest BCUT2D eigenvalue weighted by atomic mass is 9.99. The molecule has 1 aliphatic rings. The second kappa shape index (κ2) is 3.32. The highest BCUT2D eigenvalue weighted by atomic mass is 16.7. The first kappa shape index (κ1) is 9.05. The van der Waals surface area contributed by atoms with Crippen LogP contribution in [-0.4, -0.2) is 21.0 Å². The maximum absolute atomic E-state index is 10.3. The zero-order valence-electron chi connectivity index (χ0n) is 7.93. The monoisotopic (exact) mass is 196 g/mol. The van der Waals surface area contributed by atoms with Gasteiger partial charge in [0.05, 0.1) is 0 Å². The van der Waals surface area contributed by atoms with Gasteiger partial charge < -0.3 is 9.84 Å². The van der Waals surface area contributed by atoms with Crippen LogP contribution in [0.2, 0.25) is 0 Å². The molecule has 0 saturated carbocycles. The van der Waals surface area contributed by atoms with E-state index in [0.717, 1.165) is 25.1 Å². The molecule has 14 heavy (non-hydrogen) atoms. The Hall–Kier alpha value is -1.52. The lowest BCUT2D eigenvalue weighted by molar-refractivity contribution is 0.142. The minimum absolute atomic E-state index is 0.182. The van der Waals surface area contributed by atoms with Crippen LogP contribution in [0.15, 0.2) is 6.07 Å². The molecule has 1 aromatic rings. The Labute approximate surface area is 81.3 Å². The van der Waals surface area contributed by atoms with Gasteiger partial charge in [-0.2, -0.15) is 0 Å². The van der Waals surface area contributed by atoms with Crippen molar-refractivity contribution in [3.05, 3.63) is 11.8 Å². The van der Waals surface area contributed by atoms with Crippen molar-refractivity contribution in [2.45, 2.75) is 26.3 Å². The van der Waals surface area contributed by atoms with Gasteiger partial charge in [-0.05, 0) is 18.8 Å². The highest BCUT2D eigenvalue weighted by Gasteiger charge is 2.18. The van der Waals surface area contributed by atoms with Crippen LogP contribution in [0.4, 0.5) is 4.79 Å². The van der Waals surface area contributed by atoms with Gasteiger partial charge in [0.25, 0.3) is 0 Å². The topological polar surface area (TPSA) is 64.4 Å². The van der Waals surface area contributed by atoms with E-state index in [1.807, 2.05) is 4.68 Å². The van der Waals surface area contributed by atoms with Crippen molar-refractivity contribution in [3.63, 3.8) is 0 Å². The number of ether oxygens (including phenoxy) is 1. The van der Waals surface area contributed by atoms with E-state index >= 15 is 0 Å². The van der Waals surface area contributed by atoms with E-state index in [9.17, 15) is 4.79 Å². The molecule has 1 aromatic heterocycles. The minimum Gasteiger partial charge on any atom is -0.449 e. The zero-order chi connectivity index (χ0) is 10.1. The van der Waals surface area contributed by atoms with Crippen LogP contribution in [0.25, 0.3) is 0 Å². The molecular weight excluding hydrogens is 184 g/mol. The van der Waals surface area contributed by atoms with E-state index in [-0.39, 0.29) is 5.88 Å². The smallest absolute Gasteiger partial charge is 0.449 e. The van der Waals surface area contributed by atoms with Crippen molar-refractivity contribution < 1.29 is 14.6 Å². The van der Waals surface area contributed by atoms with Gasteiger partial charge in [-0.25, -0.2) is 4.79 Å². The Morgan fingerprint density at radius 2 is 2.57 bits per heavy atom. The maximum atomic E-state index is 10.3. The molecule has 0 spiro atoms. The SMILES string of the molecule is CC1CCn2nc(OC(=O)O)cc2C1. The molecule has 0 aromatic carbocycles. The highest BCUT2D eigenvalue weighted by Crippen LogP contribution is 2.22. The van der Waals surface area contributed by atoms with Crippen LogP contribution in [0.3, 0.4) is 0 Å². The molecule has 0 amide bonds. The highest BCUT2D eigenvalue weighted by molar-refractivity contribution is 5.60. The fraction of sp³-hybridized carbons (Fsp3) is 0.556. The number of hydrogen-bond acceptors (Lipinski definition) is 3. The summed E-state index contributed by atoms with van der Waals surface area (Å²) < 4.78 is 6.30. The quantitative estimate of drug-likeness (QED) is 0.691. The van der Waals surface area contributed by atoms with Gasteiger partial charge in [0.1, 0.15) is 0 Å². The van der Waals surface area contributed by atoms with Crippen LogP contribution in [0, 0.1) is 5.92 Å². The fourth-order valence-corrected chi connectivity index (χ4v) is 1.73. The Morgan fingerprint density at radius 3 is 3.29 bits per heavy atom. The van der Waals surface area contributed by atoms with Crippen LogP contribution >= 0.6 is 0 Å². The van der Waals surface area contributed by atoms with E-state index in [4.69, 9.17) is 5.11 Å². The minimum atomic E-state index is -1.31.